The molecule has 6 rings (SSSR count). The van der Waals surface area contributed by atoms with Crippen LogP contribution in [0, 0.1) is 0 Å². The van der Waals surface area contributed by atoms with E-state index in [1.165, 1.54) is 17.2 Å². The summed E-state index contributed by atoms with van der Waals surface area (Å²) < 4.78 is 6.31. The molecule has 0 saturated carbocycles. The highest BCUT2D eigenvalue weighted by Crippen LogP contribution is 2.47. The van der Waals surface area contributed by atoms with Crippen LogP contribution in [-0.4, -0.2) is 11.1 Å². The number of phenols is 1. The topological polar surface area (TPSA) is 46.5 Å². The average Bonchev–Trinajstić information content (AvgIpc) is 3.20. The fourth-order valence-corrected chi connectivity index (χ4v) is 7.84. The summed E-state index contributed by atoms with van der Waals surface area (Å²) in [6.45, 7) is 21.4. The molecular weight excluding hydrogens is 673 g/mol. The second-order valence-electron chi connectivity index (χ2n) is 16.8. The van der Waals surface area contributed by atoms with Gasteiger partial charge in [0.05, 0.1) is 0 Å². The second-order valence-corrected chi connectivity index (χ2v) is 16.8. The summed E-state index contributed by atoms with van der Waals surface area (Å²) in [5.41, 5.74) is 8.11. The Bertz CT molecular complexity index is 2280. The summed E-state index contributed by atoms with van der Waals surface area (Å²) in [5.74, 6) is 0.192. The van der Waals surface area contributed by atoms with Crippen LogP contribution < -0.4 is 4.74 Å². The van der Waals surface area contributed by atoms with Crippen LogP contribution in [-0.2, 0) is 32.9 Å². The van der Waals surface area contributed by atoms with Gasteiger partial charge in [0.2, 0.25) is 0 Å². The minimum Gasteiger partial charge on any atom is -0.507 e. The highest BCUT2D eigenvalue weighted by Gasteiger charge is 2.35. The molecule has 0 aromatic heterocycles. The van der Waals surface area contributed by atoms with Crippen LogP contribution in [0.25, 0.3) is 0 Å². The van der Waals surface area contributed by atoms with E-state index in [-0.39, 0.29) is 11.2 Å². The van der Waals surface area contributed by atoms with Crippen LogP contribution >= 0.6 is 0 Å². The van der Waals surface area contributed by atoms with Crippen molar-refractivity contribution in [2.75, 3.05) is 0 Å². The highest BCUT2D eigenvalue weighted by atomic mass is 16.5. The Balaban J connectivity index is 1.66. The molecule has 0 heterocycles. The molecule has 0 bridgehead atoms. The molecule has 0 unspecified atom stereocenters. The van der Waals surface area contributed by atoms with Crippen molar-refractivity contribution in [1.29, 1.82) is 0 Å². The van der Waals surface area contributed by atoms with E-state index in [1.807, 2.05) is 48.5 Å². The lowest BCUT2D eigenvalue weighted by atomic mass is 9.70. The smallest absolute Gasteiger partial charge is 0.335 e. The third-order valence-electron chi connectivity index (χ3n) is 11.9. The molecule has 0 amide bonds. The molecule has 0 radical (unpaired) electrons. The molecule has 0 aliphatic heterocycles. The molecule has 0 fully saturated rings. The molecule has 3 heteroatoms. The largest absolute Gasteiger partial charge is 0.507 e. The zero-order valence-corrected chi connectivity index (χ0v) is 33.6. The number of ether oxygens (including phenoxy) is 1. The number of hydrogen-bond acceptors (Lipinski definition) is 3. The van der Waals surface area contributed by atoms with Gasteiger partial charge in [-0.3, -0.25) is 0 Å². The van der Waals surface area contributed by atoms with Gasteiger partial charge in [-0.25, -0.2) is 4.79 Å². The predicted molar refractivity (Wildman–Crippen MR) is 227 cm³/mol. The molecular formula is C52H54O3. The van der Waals surface area contributed by atoms with E-state index in [2.05, 4.69) is 159 Å². The van der Waals surface area contributed by atoms with Gasteiger partial charge in [-0.2, -0.15) is 0 Å². The van der Waals surface area contributed by atoms with Crippen molar-refractivity contribution in [3.8, 4) is 11.5 Å². The summed E-state index contributed by atoms with van der Waals surface area (Å²) >= 11 is 0. The second kappa shape index (κ2) is 15.2. The van der Waals surface area contributed by atoms with Gasteiger partial charge in [0.1, 0.15) is 11.5 Å². The number of esters is 1. The first-order valence-electron chi connectivity index (χ1n) is 19.2. The van der Waals surface area contributed by atoms with Crippen molar-refractivity contribution in [3.63, 3.8) is 0 Å². The van der Waals surface area contributed by atoms with E-state index in [9.17, 15) is 9.90 Å². The van der Waals surface area contributed by atoms with Gasteiger partial charge in [-0.15, -0.1) is 0 Å². The number of aromatic hydroxyl groups is 1. The summed E-state index contributed by atoms with van der Waals surface area (Å²) in [7, 11) is 0. The molecule has 55 heavy (non-hydrogen) atoms. The molecule has 6 aromatic carbocycles. The van der Waals surface area contributed by atoms with Crippen molar-refractivity contribution < 1.29 is 14.6 Å². The number of carbonyl (C=O) groups is 1. The first-order chi connectivity index (χ1) is 26.1. The lowest BCUT2D eigenvalue weighted by molar-refractivity contribution is -0.129. The van der Waals surface area contributed by atoms with Gasteiger partial charge in [0, 0.05) is 50.8 Å². The SMILES string of the molecule is C=CC(=O)Oc1c(Cc2cc(C(C)(C)c3ccccc3)cc(C(C)(C)c3ccccc3)c2O)cc(C(C)(C)c2ccccc2)cc1C(C)(C)c1ccccc1. The molecule has 1 N–H and O–H groups in total. The minimum atomic E-state index is -0.560. The Labute approximate surface area is 328 Å². The summed E-state index contributed by atoms with van der Waals surface area (Å²) in [6.07, 6.45) is 1.53. The molecule has 280 valence electrons. The van der Waals surface area contributed by atoms with E-state index in [0.29, 0.717) is 12.2 Å². The maximum Gasteiger partial charge on any atom is 0.335 e. The molecule has 0 saturated heterocycles. The minimum absolute atomic E-state index is 0.235. The first-order valence-corrected chi connectivity index (χ1v) is 19.2. The van der Waals surface area contributed by atoms with Gasteiger partial charge in [0.25, 0.3) is 0 Å². The highest BCUT2D eigenvalue weighted by molar-refractivity contribution is 5.84. The number of rotatable bonds is 12. The Morgan fingerprint density at radius 1 is 0.509 bits per heavy atom. The summed E-state index contributed by atoms with van der Waals surface area (Å²) in [6, 6.07) is 50.4. The molecule has 0 spiro atoms. The Kier molecular flexibility index (Phi) is 10.8. The summed E-state index contributed by atoms with van der Waals surface area (Å²) in [4.78, 5) is 13.3. The zero-order chi connectivity index (χ0) is 39.6. The normalized spacial score (nSPS) is 12.3. The number of phenolic OH excluding ortho intramolecular Hbond substituents is 1. The van der Waals surface area contributed by atoms with Crippen LogP contribution in [0.15, 0.2) is 158 Å². The van der Waals surface area contributed by atoms with Gasteiger partial charge in [-0.1, -0.05) is 208 Å². The van der Waals surface area contributed by atoms with Crippen molar-refractivity contribution in [2.45, 2.75) is 83.5 Å². The van der Waals surface area contributed by atoms with Crippen LogP contribution in [0.2, 0.25) is 0 Å². The fourth-order valence-electron chi connectivity index (χ4n) is 7.84. The number of hydrogen-bond donors (Lipinski definition) is 1. The van der Waals surface area contributed by atoms with Crippen molar-refractivity contribution in [2.24, 2.45) is 0 Å². The van der Waals surface area contributed by atoms with E-state index >= 15 is 0 Å². The van der Waals surface area contributed by atoms with Crippen LogP contribution in [0.5, 0.6) is 11.5 Å². The molecule has 0 aliphatic rings. The van der Waals surface area contributed by atoms with Crippen LogP contribution in [0.1, 0.15) is 111 Å². The first kappa shape index (κ1) is 39.0. The molecule has 0 atom stereocenters. The van der Waals surface area contributed by atoms with Crippen molar-refractivity contribution >= 4 is 5.97 Å². The Morgan fingerprint density at radius 3 is 1.25 bits per heavy atom. The van der Waals surface area contributed by atoms with Gasteiger partial charge >= 0.3 is 5.97 Å². The molecule has 6 aromatic rings. The van der Waals surface area contributed by atoms with Gasteiger partial charge in [-0.05, 0) is 38.9 Å². The average molecular weight is 727 g/mol. The van der Waals surface area contributed by atoms with E-state index in [0.717, 1.165) is 44.5 Å². The van der Waals surface area contributed by atoms with Gasteiger partial charge < -0.3 is 9.84 Å². The van der Waals surface area contributed by atoms with Crippen LogP contribution in [0.4, 0.5) is 0 Å². The molecule has 0 aliphatic carbocycles. The quantitative estimate of drug-likeness (QED) is 0.0776. The van der Waals surface area contributed by atoms with Crippen molar-refractivity contribution in [1.82, 2.24) is 0 Å². The maximum atomic E-state index is 13.3. The summed E-state index contributed by atoms with van der Waals surface area (Å²) in [5, 5.41) is 12.5. The molecule has 3 nitrogen and oxygen atoms in total. The monoisotopic (exact) mass is 726 g/mol. The van der Waals surface area contributed by atoms with Crippen molar-refractivity contribution in [3.05, 3.63) is 214 Å². The third-order valence-corrected chi connectivity index (χ3v) is 11.9. The predicted octanol–water partition coefficient (Wildman–Crippen LogP) is 12.4. The van der Waals surface area contributed by atoms with Gasteiger partial charge in [0.15, 0.2) is 0 Å². The number of carbonyl (C=O) groups excluding carboxylic acids is 1. The van der Waals surface area contributed by atoms with E-state index in [4.69, 9.17) is 4.74 Å². The third kappa shape index (κ3) is 7.67. The lowest BCUT2D eigenvalue weighted by Crippen LogP contribution is -2.26. The van der Waals surface area contributed by atoms with E-state index < -0.39 is 22.2 Å². The number of benzene rings is 6. The standard InChI is InChI=1S/C52H54O3/c1-10-46(53)55-48-37(33-43(50(4,5)39-25-17-12-18-26-39)35-45(48)52(8,9)41-29-21-14-22-30-41)31-36-32-42(49(2,3)38-23-15-11-16-24-38)34-44(47(36)54)51(6,7)40-27-19-13-20-28-40/h10-30,32-35,54H,1,31H2,2-9H3. The van der Waals surface area contributed by atoms with E-state index in [1.54, 1.807) is 0 Å². The Morgan fingerprint density at radius 2 is 0.855 bits per heavy atom. The Hall–Kier alpha value is -5.67. The van der Waals surface area contributed by atoms with Crippen LogP contribution in [0.3, 0.4) is 0 Å². The maximum absolute atomic E-state index is 13.3. The fraction of sp³-hybridized carbons (Fsp3) is 0.250. The lowest BCUT2D eigenvalue weighted by Gasteiger charge is -2.34. The zero-order valence-electron chi connectivity index (χ0n) is 33.6.